The molecule has 0 saturated heterocycles. The Morgan fingerprint density at radius 2 is 1.51 bits per heavy atom. The first-order chi connectivity index (χ1) is 18.9. The van der Waals surface area contributed by atoms with Crippen LogP contribution in [0.15, 0.2) is 114 Å². The molecule has 4 rings (SSSR count). The van der Waals surface area contributed by atoms with Crippen molar-refractivity contribution in [3.8, 4) is 0 Å². The lowest BCUT2D eigenvalue weighted by molar-refractivity contribution is -0.114. The smallest absolute Gasteiger partial charge is 0.272 e. The van der Waals surface area contributed by atoms with Crippen molar-refractivity contribution >= 4 is 46.9 Å². The summed E-state index contributed by atoms with van der Waals surface area (Å²) in [4.78, 5) is 39.0. The minimum Gasteiger partial charge on any atom is -0.325 e. The summed E-state index contributed by atoms with van der Waals surface area (Å²) in [5.74, 6) is -1.53. The van der Waals surface area contributed by atoms with E-state index in [2.05, 4.69) is 16.0 Å². The predicted octanol–water partition coefficient (Wildman–Crippen LogP) is 6.27. The van der Waals surface area contributed by atoms with Crippen LogP contribution in [0, 0.1) is 12.7 Å². The topological polar surface area (TPSA) is 87.3 Å². The summed E-state index contributed by atoms with van der Waals surface area (Å²) in [6, 6.07) is 28.9. The average Bonchev–Trinajstić information content (AvgIpc) is 2.94. The van der Waals surface area contributed by atoms with Gasteiger partial charge in [-0.05, 0) is 73.2 Å². The minimum atomic E-state index is -0.611. The molecule has 8 heteroatoms. The highest BCUT2D eigenvalue weighted by Gasteiger charge is 2.16. The number of halogens is 1. The first-order valence-corrected chi connectivity index (χ1v) is 13.1. The van der Waals surface area contributed by atoms with E-state index in [1.165, 1.54) is 30.0 Å². The van der Waals surface area contributed by atoms with Crippen molar-refractivity contribution in [3.63, 3.8) is 0 Å². The molecule has 0 unspecified atom stereocenters. The monoisotopic (exact) mass is 539 g/mol. The lowest BCUT2D eigenvalue weighted by atomic mass is 10.1. The number of benzene rings is 4. The number of amides is 3. The molecule has 4 aromatic rings. The van der Waals surface area contributed by atoms with Crippen molar-refractivity contribution in [2.75, 3.05) is 16.4 Å². The van der Waals surface area contributed by atoms with Crippen LogP contribution in [0.5, 0.6) is 0 Å². The third-order valence-electron chi connectivity index (χ3n) is 5.52. The molecule has 196 valence electrons. The summed E-state index contributed by atoms with van der Waals surface area (Å²) in [5, 5.41) is 8.20. The molecule has 6 nitrogen and oxygen atoms in total. The second-order valence-electron chi connectivity index (χ2n) is 8.58. The summed E-state index contributed by atoms with van der Waals surface area (Å²) in [7, 11) is 0. The van der Waals surface area contributed by atoms with E-state index in [1.807, 2.05) is 31.2 Å². The van der Waals surface area contributed by atoms with Crippen LogP contribution in [-0.2, 0) is 9.59 Å². The Labute approximate surface area is 230 Å². The van der Waals surface area contributed by atoms with Gasteiger partial charge in [0.2, 0.25) is 5.91 Å². The van der Waals surface area contributed by atoms with E-state index < -0.39 is 17.6 Å². The Morgan fingerprint density at radius 3 is 2.23 bits per heavy atom. The van der Waals surface area contributed by atoms with Gasteiger partial charge in [0.25, 0.3) is 11.8 Å². The van der Waals surface area contributed by atoms with Crippen molar-refractivity contribution in [2.24, 2.45) is 0 Å². The highest BCUT2D eigenvalue weighted by Crippen LogP contribution is 2.22. The molecular weight excluding hydrogens is 513 g/mol. The zero-order valence-electron chi connectivity index (χ0n) is 21.1. The zero-order valence-corrected chi connectivity index (χ0v) is 21.9. The van der Waals surface area contributed by atoms with Gasteiger partial charge in [0.05, 0.1) is 5.75 Å². The molecule has 0 aliphatic carbocycles. The lowest BCUT2D eigenvalue weighted by Crippen LogP contribution is -2.30. The first-order valence-electron chi connectivity index (χ1n) is 12.1. The van der Waals surface area contributed by atoms with Crippen LogP contribution >= 0.6 is 11.8 Å². The van der Waals surface area contributed by atoms with Gasteiger partial charge in [-0.3, -0.25) is 14.4 Å². The minimum absolute atomic E-state index is 0.111. The highest BCUT2D eigenvalue weighted by atomic mass is 32.2. The van der Waals surface area contributed by atoms with Crippen LogP contribution in [0.2, 0.25) is 0 Å². The maximum Gasteiger partial charge on any atom is 0.272 e. The number of thioether (sulfide) groups is 1. The van der Waals surface area contributed by atoms with Crippen molar-refractivity contribution in [3.05, 3.63) is 131 Å². The molecule has 3 N–H and O–H groups in total. The van der Waals surface area contributed by atoms with Gasteiger partial charge in [-0.1, -0.05) is 48.5 Å². The molecule has 0 aliphatic rings. The molecule has 4 aromatic carbocycles. The van der Waals surface area contributed by atoms with Gasteiger partial charge in [-0.2, -0.15) is 0 Å². The summed E-state index contributed by atoms with van der Waals surface area (Å²) in [5.41, 5.74) is 2.69. The fourth-order valence-corrected chi connectivity index (χ4v) is 4.29. The Morgan fingerprint density at radius 1 is 0.795 bits per heavy atom. The maximum absolute atomic E-state index is 14.3. The van der Waals surface area contributed by atoms with E-state index >= 15 is 0 Å². The molecule has 3 amide bonds. The molecule has 0 aliphatic heterocycles. The average molecular weight is 540 g/mol. The van der Waals surface area contributed by atoms with Gasteiger partial charge in [-0.25, -0.2) is 4.39 Å². The molecule has 0 atom stereocenters. The third kappa shape index (κ3) is 8.15. The Balaban J connectivity index is 1.41. The fraction of sp³-hybridized carbons (Fsp3) is 0.0645. The van der Waals surface area contributed by atoms with E-state index in [9.17, 15) is 18.8 Å². The van der Waals surface area contributed by atoms with Gasteiger partial charge in [0.15, 0.2) is 0 Å². The molecule has 0 radical (unpaired) electrons. The number of carbonyl (C=O) groups excluding carboxylic acids is 3. The summed E-state index contributed by atoms with van der Waals surface area (Å²) in [6.45, 7) is 1.96. The quantitative estimate of drug-likeness (QED) is 0.173. The van der Waals surface area contributed by atoms with Crippen molar-refractivity contribution in [1.82, 2.24) is 5.32 Å². The van der Waals surface area contributed by atoms with Crippen molar-refractivity contribution in [2.45, 2.75) is 11.8 Å². The van der Waals surface area contributed by atoms with E-state index in [0.717, 1.165) is 16.1 Å². The van der Waals surface area contributed by atoms with Crippen molar-refractivity contribution in [1.29, 1.82) is 0 Å². The number of nitrogens with one attached hydrogen (secondary N) is 3. The molecule has 0 aromatic heterocycles. The Kier molecular flexibility index (Phi) is 9.26. The number of hydrogen-bond acceptors (Lipinski definition) is 4. The molecule has 0 saturated carbocycles. The molecule has 0 spiro atoms. The summed E-state index contributed by atoms with van der Waals surface area (Å²) in [6.07, 6.45) is 1.29. The zero-order chi connectivity index (χ0) is 27.6. The fourth-order valence-electron chi connectivity index (χ4n) is 3.59. The van der Waals surface area contributed by atoms with Crippen LogP contribution in [0.25, 0.3) is 6.08 Å². The number of anilines is 2. The third-order valence-corrected chi connectivity index (χ3v) is 6.53. The maximum atomic E-state index is 14.3. The van der Waals surface area contributed by atoms with Crippen molar-refractivity contribution < 1.29 is 18.8 Å². The van der Waals surface area contributed by atoms with E-state index in [-0.39, 0.29) is 22.9 Å². The second kappa shape index (κ2) is 13.2. The molecule has 0 heterocycles. The summed E-state index contributed by atoms with van der Waals surface area (Å²) < 4.78 is 14.3. The Hall–Kier alpha value is -4.69. The van der Waals surface area contributed by atoms with Crippen LogP contribution in [0.4, 0.5) is 15.8 Å². The molecule has 0 fully saturated rings. The van der Waals surface area contributed by atoms with E-state index in [1.54, 1.807) is 66.7 Å². The Bertz CT molecular complexity index is 1510. The molecular formula is C31H26FN3O3S. The van der Waals surface area contributed by atoms with Gasteiger partial charge in [0, 0.05) is 27.4 Å². The summed E-state index contributed by atoms with van der Waals surface area (Å²) >= 11 is 1.36. The number of aryl methyl sites for hydroxylation is 1. The molecule has 0 bridgehead atoms. The SMILES string of the molecule is Cc1cccc(NC(=O)CSc2ccc(NC(=O)/C(=C/c3ccccc3F)NC(=O)c3ccccc3)cc2)c1. The van der Waals surface area contributed by atoms with Crippen LogP contribution < -0.4 is 16.0 Å². The predicted molar refractivity (Wildman–Crippen MR) is 154 cm³/mol. The van der Waals surface area contributed by atoms with E-state index in [4.69, 9.17) is 0 Å². The largest absolute Gasteiger partial charge is 0.325 e. The first kappa shape index (κ1) is 27.3. The normalized spacial score (nSPS) is 11.0. The highest BCUT2D eigenvalue weighted by molar-refractivity contribution is 8.00. The van der Waals surface area contributed by atoms with Crippen LogP contribution in [0.3, 0.4) is 0 Å². The van der Waals surface area contributed by atoms with Gasteiger partial charge < -0.3 is 16.0 Å². The number of rotatable bonds is 9. The van der Waals surface area contributed by atoms with Gasteiger partial charge in [-0.15, -0.1) is 11.8 Å². The number of carbonyl (C=O) groups is 3. The van der Waals surface area contributed by atoms with Crippen LogP contribution in [-0.4, -0.2) is 23.5 Å². The standard InChI is InChI=1S/C31H26FN3O3S/c1-21-8-7-12-25(18-21)33-29(36)20-39-26-16-14-24(15-17-26)34-31(38)28(19-23-11-5-6-13-27(23)32)35-30(37)22-9-3-2-4-10-22/h2-19H,20H2,1H3,(H,33,36)(H,34,38)(H,35,37)/b28-19-. The van der Waals surface area contributed by atoms with Crippen LogP contribution in [0.1, 0.15) is 21.5 Å². The molecule has 39 heavy (non-hydrogen) atoms. The van der Waals surface area contributed by atoms with Gasteiger partial charge >= 0.3 is 0 Å². The van der Waals surface area contributed by atoms with E-state index in [0.29, 0.717) is 11.3 Å². The van der Waals surface area contributed by atoms with Gasteiger partial charge in [0.1, 0.15) is 11.5 Å². The second-order valence-corrected chi connectivity index (χ2v) is 9.63. The lowest BCUT2D eigenvalue weighted by Gasteiger charge is -2.12. The number of hydrogen-bond donors (Lipinski definition) is 3.